The fourth-order valence-corrected chi connectivity index (χ4v) is 4.04. The third kappa shape index (κ3) is 2.21. The number of nitrogens with one attached hydrogen (secondary N) is 1. The molecule has 0 fully saturated rings. The number of hydrogen-bond donors (Lipinski definition) is 2. The first-order chi connectivity index (χ1) is 11.6. The number of hydrogen-bond acceptors (Lipinski definition) is 2. The van der Waals surface area contributed by atoms with Crippen molar-refractivity contribution in [2.45, 2.75) is 25.3 Å². The number of aryl methyl sites for hydroxylation is 1. The number of anilines is 1. The second kappa shape index (κ2) is 5.48. The van der Waals surface area contributed by atoms with Gasteiger partial charge in [-0.25, -0.2) is 9.18 Å². The summed E-state index contributed by atoms with van der Waals surface area (Å²) in [5.74, 6) is -0.835. The molecule has 3 nitrogen and oxygen atoms in total. The summed E-state index contributed by atoms with van der Waals surface area (Å²) >= 11 is 0. The highest BCUT2D eigenvalue weighted by atomic mass is 19.1. The third-order valence-electron chi connectivity index (χ3n) is 5.19. The Labute approximate surface area is 139 Å². The molecule has 2 aromatic rings. The molecule has 2 N–H and O–H groups in total. The van der Waals surface area contributed by atoms with E-state index in [0.717, 1.165) is 28.8 Å². The number of carbonyl (C=O) groups is 1. The van der Waals surface area contributed by atoms with Crippen LogP contribution in [0.15, 0.2) is 48.6 Å². The minimum atomic E-state index is -0.896. The molecular weight excluding hydrogens is 305 g/mol. The first kappa shape index (κ1) is 14.9. The molecule has 4 rings (SSSR count). The van der Waals surface area contributed by atoms with E-state index in [0.29, 0.717) is 5.56 Å². The van der Waals surface area contributed by atoms with Gasteiger partial charge in [0.1, 0.15) is 5.82 Å². The molecule has 0 aromatic heterocycles. The van der Waals surface area contributed by atoms with E-state index in [4.69, 9.17) is 0 Å². The predicted molar refractivity (Wildman–Crippen MR) is 90.9 cm³/mol. The van der Waals surface area contributed by atoms with Crippen molar-refractivity contribution in [3.05, 3.63) is 76.6 Å². The van der Waals surface area contributed by atoms with Crippen LogP contribution in [0.5, 0.6) is 0 Å². The summed E-state index contributed by atoms with van der Waals surface area (Å²) in [6, 6.07) is 10.2. The summed E-state index contributed by atoms with van der Waals surface area (Å²) < 4.78 is 13.3. The zero-order chi connectivity index (χ0) is 16.8. The summed E-state index contributed by atoms with van der Waals surface area (Å²) in [6.45, 7) is 1.98. The average Bonchev–Trinajstić information content (AvgIpc) is 3.05. The molecule has 0 saturated carbocycles. The summed E-state index contributed by atoms with van der Waals surface area (Å²) in [5.41, 5.74) is 4.19. The van der Waals surface area contributed by atoms with Gasteiger partial charge in [-0.3, -0.25) is 0 Å². The molecule has 1 aliphatic carbocycles. The van der Waals surface area contributed by atoms with Gasteiger partial charge in [0.15, 0.2) is 0 Å². The third-order valence-corrected chi connectivity index (χ3v) is 5.19. The Kier molecular flexibility index (Phi) is 3.41. The Morgan fingerprint density at radius 3 is 2.67 bits per heavy atom. The van der Waals surface area contributed by atoms with Gasteiger partial charge in [0.05, 0.1) is 11.6 Å². The van der Waals surface area contributed by atoms with Gasteiger partial charge in [0.2, 0.25) is 0 Å². The van der Waals surface area contributed by atoms with Gasteiger partial charge >= 0.3 is 5.97 Å². The molecule has 3 atom stereocenters. The number of aromatic carboxylic acids is 1. The number of carboxylic acid groups (broad SMARTS) is 1. The molecule has 0 radical (unpaired) electrons. The summed E-state index contributed by atoms with van der Waals surface area (Å²) in [4.78, 5) is 11.7. The van der Waals surface area contributed by atoms with Crippen molar-refractivity contribution in [1.29, 1.82) is 0 Å². The standard InChI is InChI=1S/C20H18FNO2/c1-11-5-10-16(20(23)24)17-14-3-2-4-15(14)19(22-18(11)17)12-6-8-13(21)9-7-12/h2-3,5-10,14-15,19,22H,4H2,1H3,(H,23,24)/t14-,15+,19+/m0/s1. The van der Waals surface area contributed by atoms with Crippen molar-refractivity contribution in [1.82, 2.24) is 0 Å². The maximum absolute atomic E-state index is 13.3. The molecule has 0 bridgehead atoms. The Hall–Kier alpha value is -2.62. The van der Waals surface area contributed by atoms with E-state index in [2.05, 4.69) is 17.5 Å². The van der Waals surface area contributed by atoms with Crippen LogP contribution in [0.1, 0.15) is 45.4 Å². The lowest BCUT2D eigenvalue weighted by Gasteiger charge is -2.39. The molecule has 2 aromatic carbocycles. The monoisotopic (exact) mass is 323 g/mol. The lowest BCUT2D eigenvalue weighted by molar-refractivity contribution is 0.0695. The molecule has 2 aliphatic rings. The van der Waals surface area contributed by atoms with Crippen molar-refractivity contribution in [2.75, 3.05) is 5.32 Å². The van der Waals surface area contributed by atoms with Crippen LogP contribution in [0, 0.1) is 18.7 Å². The molecule has 1 heterocycles. The zero-order valence-electron chi connectivity index (χ0n) is 13.3. The van der Waals surface area contributed by atoms with E-state index < -0.39 is 5.97 Å². The van der Waals surface area contributed by atoms with Crippen LogP contribution in [0.4, 0.5) is 10.1 Å². The Morgan fingerprint density at radius 2 is 1.96 bits per heavy atom. The van der Waals surface area contributed by atoms with Gasteiger partial charge in [-0.2, -0.15) is 0 Å². The normalized spacial score (nSPS) is 24.2. The van der Waals surface area contributed by atoms with Gasteiger partial charge in [-0.1, -0.05) is 30.4 Å². The Bertz CT molecular complexity index is 841. The lowest BCUT2D eigenvalue weighted by atomic mass is 9.75. The van der Waals surface area contributed by atoms with E-state index >= 15 is 0 Å². The largest absolute Gasteiger partial charge is 0.478 e. The minimum absolute atomic E-state index is 0.0424. The number of rotatable bonds is 2. The minimum Gasteiger partial charge on any atom is -0.478 e. The van der Waals surface area contributed by atoms with Crippen LogP contribution in [0.2, 0.25) is 0 Å². The van der Waals surface area contributed by atoms with Crippen LogP contribution >= 0.6 is 0 Å². The zero-order valence-corrected chi connectivity index (χ0v) is 13.3. The number of halogens is 1. The number of benzene rings is 2. The molecule has 0 amide bonds. The van der Waals surface area contributed by atoms with Crippen molar-refractivity contribution in [3.8, 4) is 0 Å². The molecule has 4 heteroatoms. The topological polar surface area (TPSA) is 49.3 Å². The van der Waals surface area contributed by atoms with Gasteiger partial charge in [-0.05, 0) is 54.2 Å². The highest BCUT2D eigenvalue weighted by Crippen LogP contribution is 2.51. The van der Waals surface area contributed by atoms with Crippen LogP contribution in [-0.2, 0) is 0 Å². The Morgan fingerprint density at radius 1 is 1.21 bits per heavy atom. The van der Waals surface area contributed by atoms with Crippen LogP contribution in [0.25, 0.3) is 0 Å². The van der Waals surface area contributed by atoms with Crippen molar-refractivity contribution in [3.63, 3.8) is 0 Å². The van der Waals surface area contributed by atoms with Crippen LogP contribution < -0.4 is 5.32 Å². The van der Waals surface area contributed by atoms with Crippen LogP contribution in [-0.4, -0.2) is 11.1 Å². The number of fused-ring (bicyclic) bond motifs is 3. The average molecular weight is 323 g/mol. The molecule has 0 saturated heterocycles. The number of allylic oxidation sites excluding steroid dienone is 2. The molecular formula is C20H18FNO2. The van der Waals surface area contributed by atoms with E-state index in [9.17, 15) is 14.3 Å². The molecule has 24 heavy (non-hydrogen) atoms. The Balaban J connectivity index is 1.86. The van der Waals surface area contributed by atoms with E-state index in [1.165, 1.54) is 12.1 Å². The molecule has 122 valence electrons. The first-order valence-corrected chi connectivity index (χ1v) is 8.11. The van der Waals surface area contributed by atoms with E-state index in [1.807, 2.05) is 25.1 Å². The lowest BCUT2D eigenvalue weighted by Crippen LogP contribution is -2.31. The maximum Gasteiger partial charge on any atom is 0.336 e. The fraction of sp³-hybridized carbons (Fsp3) is 0.250. The van der Waals surface area contributed by atoms with Gasteiger partial charge in [0, 0.05) is 11.6 Å². The highest BCUT2D eigenvalue weighted by molar-refractivity contribution is 5.93. The smallest absolute Gasteiger partial charge is 0.336 e. The SMILES string of the molecule is Cc1ccc(C(=O)O)c2c1N[C@H](c1ccc(F)cc1)[C@@H]1CC=C[C@H]21. The van der Waals surface area contributed by atoms with Gasteiger partial charge in [-0.15, -0.1) is 0 Å². The maximum atomic E-state index is 13.3. The quantitative estimate of drug-likeness (QED) is 0.790. The second-order valence-electron chi connectivity index (χ2n) is 6.55. The van der Waals surface area contributed by atoms with E-state index in [-0.39, 0.29) is 23.7 Å². The van der Waals surface area contributed by atoms with Gasteiger partial charge < -0.3 is 10.4 Å². The van der Waals surface area contributed by atoms with Crippen molar-refractivity contribution >= 4 is 11.7 Å². The fourth-order valence-electron chi connectivity index (χ4n) is 4.04. The molecule has 0 unspecified atom stereocenters. The number of carboxylic acids is 1. The summed E-state index contributed by atoms with van der Waals surface area (Å²) in [5, 5.41) is 13.1. The van der Waals surface area contributed by atoms with Crippen molar-refractivity contribution < 1.29 is 14.3 Å². The second-order valence-corrected chi connectivity index (χ2v) is 6.55. The van der Waals surface area contributed by atoms with E-state index in [1.54, 1.807) is 6.07 Å². The highest BCUT2D eigenvalue weighted by Gasteiger charge is 2.40. The summed E-state index contributed by atoms with van der Waals surface area (Å²) in [6.07, 6.45) is 5.12. The first-order valence-electron chi connectivity index (χ1n) is 8.11. The predicted octanol–water partition coefficient (Wildman–Crippen LogP) is 4.66. The van der Waals surface area contributed by atoms with Crippen molar-refractivity contribution in [2.24, 2.45) is 5.92 Å². The van der Waals surface area contributed by atoms with Gasteiger partial charge in [0.25, 0.3) is 0 Å². The molecule has 0 spiro atoms. The summed E-state index contributed by atoms with van der Waals surface area (Å²) in [7, 11) is 0. The van der Waals surface area contributed by atoms with Crippen LogP contribution in [0.3, 0.4) is 0 Å². The molecule has 1 aliphatic heterocycles.